The van der Waals surface area contributed by atoms with Crippen LogP contribution < -0.4 is 4.90 Å². The van der Waals surface area contributed by atoms with Gasteiger partial charge in [0.05, 0.1) is 21.8 Å². The van der Waals surface area contributed by atoms with Crippen molar-refractivity contribution in [1.82, 2.24) is 4.98 Å². The van der Waals surface area contributed by atoms with Crippen molar-refractivity contribution in [3.05, 3.63) is 71.2 Å². The minimum absolute atomic E-state index is 0.0473. The molecule has 3 nitrogen and oxygen atoms in total. The van der Waals surface area contributed by atoms with E-state index in [2.05, 4.69) is 4.98 Å². The normalized spacial score (nSPS) is 10.5. The Labute approximate surface area is 133 Å². The van der Waals surface area contributed by atoms with Gasteiger partial charge in [-0.05, 0) is 42.6 Å². The first-order chi connectivity index (χ1) is 10.7. The molecule has 1 amide bonds. The lowest BCUT2D eigenvalue weighted by atomic mass is 10.1. The Morgan fingerprint density at radius 2 is 1.82 bits per heavy atom. The fraction of sp³-hybridized carbons (Fsp3) is 0.111. The van der Waals surface area contributed by atoms with Gasteiger partial charge in [-0.3, -0.25) is 9.78 Å². The van der Waals surface area contributed by atoms with Gasteiger partial charge in [-0.25, -0.2) is 0 Å². The molecule has 0 unspecified atom stereocenters. The molecule has 0 aliphatic rings. The lowest BCUT2D eigenvalue weighted by molar-refractivity contribution is 0.0992. The lowest BCUT2D eigenvalue weighted by Gasteiger charge is -2.18. The molecule has 0 aliphatic carbocycles. The fourth-order valence-corrected chi connectivity index (χ4v) is 2.99. The molecule has 0 spiro atoms. The molecule has 0 radical (unpaired) electrons. The second-order valence-electron chi connectivity index (χ2n) is 5.01. The van der Waals surface area contributed by atoms with E-state index in [-0.39, 0.29) is 5.91 Å². The fourth-order valence-electron chi connectivity index (χ4n) is 2.30. The van der Waals surface area contributed by atoms with Gasteiger partial charge in [0, 0.05) is 12.7 Å². The largest absolute Gasteiger partial charge is 0.311 e. The summed E-state index contributed by atoms with van der Waals surface area (Å²) in [5, 5.41) is 2.02. The molecule has 0 saturated carbocycles. The van der Waals surface area contributed by atoms with Crippen LogP contribution in [0, 0.1) is 6.92 Å². The van der Waals surface area contributed by atoms with Crippen molar-refractivity contribution in [2.24, 2.45) is 0 Å². The summed E-state index contributed by atoms with van der Waals surface area (Å²) in [7, 11) is 1.78. The average molecular weight is 308 g/mol. The number of thiophene rings is 1. The monoisotopic (exact) mass is 308 g/mol. The van der Waals surface area contributed by atoms with Gasteiger partial charge >= 0.3 is 0 Å². The number of benzene rings is 1. The SMILES string of the molecule is Cc1nc(-c2cccs2)ccc1C(=O)N(C)c1ccccc1. The highest BCUT2D eigenvalue weighted by Gasteiger charge is 2.17. The molecule has 22 heavy (non-hydrogen) atoms. The third-order valence-corrected chi connectivity index (χ3v) is 4.43. The predicted molar refractivity (Wildman–Crippen MR) is 91.5 cm³/mol. The van der Waals surface area contributed by atoms with Crippen molar-refractivity contribution in [2.75, 3.05) is 11.9 Å². The Balaban J connectivity index is 1.90. The number of pyridine rings is 1. The van der Waals surface area contributed by atoms with Gasteiger partial charge in [0.2, 0.25) is 0 Å². The number of aromatic nitrogens is 1. The first kappa shape index (κ1) is 14.5. The van der Waals surface area contributed by atoms with Crippen LogP contribution in [-0.2, 0) is 0 Å². The van der Waals surface area contributed by atoms with Crippen molar-refractivity contribution < 1.29 is 4.79 Å². The van der Waals surface area contributed by atoms with Gasteiger partial charge in [0.25, 0.3) is 5.91 Å². The van der Waals surface area contributed by atoms with E-state index in [1.165, 1.54) is 0 Å². The Morgan fingerprint density at radius 3 is 2.45 bits per heavy atom. The van der Waals surface area contributed by atoms with E-state index in [1.54, 1.807) is 23.3 Å². The number of amides is 1. The number of hydrogen-bond donors (Lipinski definition) is 0. The van der Waals surface area contributed by atoms with Crippen LogP contribution in [0.15, 0.2) is 60.0 Å². The van der Waals surface area contributed by atoms with E-state index in [0.717, 1.165) is 22.0 Å². The molecule has 2 heterocycles. The Hall–Kier alpha value is -2.46. The number of aryl methyl sites for hydroxylation is 1. The van der Waals surface area contributed by atoms with Crippen LogP contribution in [0.5, 0.6) is 0 Å². The molecular formula is C18H16N2OS. The zero-order chi connectivity index (χ0) is 15.5. The van der Waals surface area contributed by atoms with Crippen LogP contribution in [0.2, 0.25) is 0 Å². The van der Waals surface area contributed by atoms with Gasteiger partial charge < -0.3 is 4.90 Å². The summed E-state index contributed by atoms with van der Waals surface area (Å²) in [6.07, 6.45) is 0. The Bertz CT molecular complexity index is 782. The molecule has 2 aromatic heterocycles. The molecule has 0 N–H and O–H groups in total. The van der Waals surface area contributed by atoms with Crippen LogP contribution in [-0.4, -0.2) is 17.9 Å². The van der Waals surface area contributed by atoms with Gasteiger partial charge in [-0.1, -0.05) is 24.3 Å². The van der Waals surface area contributed by atoms with Crippen molar-refractivity contribution >= 4 is 22.9 Å². The van der Waals surface area contributed by atoms with Crippen molar-refractivity contribution in [3.8, 4) is 10.6 Å². The maximum Gasteiger partial charge on any atom is 0.259 e. The Morgan fingerprint density at radius 1 is 1.05 bits per heavy atom. The van der Waals surface area contributed by atoms with Gasteiger partial charge in [-0.15, -0.1) is 11.3 Å². The summed E-state index contributed by atoms with van der Waals surface area (Å²) in [5.74, 6) is -0.0473. The van der Waals surface area contributed by atoms with E-state index in [1.807, 2.05) is 66.9 Å². The summed E-state index contributed by atoms with van der Waals surface area (Å²) in [6, 6.07) is 17.4. The number of carbonyl (C=O) groups excluding carboxylic acids is 1. The van der Waals surface area contributed by atoms with Gasteiger partial charge in [0.15, 0.2) is 0 Å². The minimum Gasteiger partial charge on any atom is -0.311 e. The van der Waals surface area contributed by atoms with Crippen molar-refractivity contribution in [1.29, 1.82) is 0 Å². The highest BCUT2D eigenvalue weighted by atomic mass is 32.1. The smallest absolute Gasteiger partial charge is 0.259 e. The summed E-state index contributed by atoms with van der Waals surface area (Å²) in [5.41, 5.74) is 3.16. The number of anilines is 1. The van der Waals surface area contributed by atoms with Crippen LogP contribution in [0.25, 0.3) is 10.6 Å². The third-order valence-electron chi connectivity index (χ3n) is 3.54. The maximum absolute atomic E-state index is 12.7. The van der Waals surface area contributed by atoms with Crippen LogP contribution in [0.1, 0.15) is 16.1 Å². The highest BCUT2D eigenvalue weighted by Crippen LogP contribution is 2.24. The lowest BCUT2D eigenvalue weighted by Crippen LogP contribution is -2.27. The Kier molecular flexibility index (Phi) is 4.02. The second kappa shape index (κ2) is 6.12. The molecule has 0 bridgehead atoms. The molecular weight excluding hydrogens is 292 g/mol. The number of nitrogens with zero attached hydrogens (tertiary/aromatic N) is 2. The average Bonchev–Trinajstić information content (AvgIpc) is 3.09. The molecule has 3 aromatic rings. The standard InChI is InChI=1S/C18H16N2OS/c1-13-15(10-11-16(19-13)17-9-6-12-22-17)18(21)20(2)14-7-4-3-5-8-14/h3-12H,1-2H3. The van der Waals surface area contributed by atoms with E-state index < -0.39 is 0 Å². The van der Waals surface area contributed by atoms with Crippen molar-refractivity contribution in [2.45, 2.75) is 6.92 Å². The number of para-hydroxylation sites is 1. The topological polar surface area (TPSA) is 33.2 Å². The predicted octanol–water partition coefficient (Wildman–Crippen LogP) is 4.40. The van der Waals surface area contributed by atoms with Gasteiger partial charge in [-0.2, -0.15) is 0 Å². The first-order valence-corrected chi connectivity index (χ1v) is 7.89. The van der Waals surface area contributed by atoms with E-state index in [0.29, 0.717) is 5.56 Å². The quantitative estimate of drug-likeness (QED) is 0.718. The molecule has 3 rings (SSSR count). The first-order valence-electron chi connectivity index (χ1n) is 7.01. The molecule has 4 heteroatoms. The minimum atomic E-state index is -0.0473. The maximum atomic E-state index is 12.7. The highest BCUT2D eigenvalue weighted by molar-refractivity contribution is 7.13. The number of rotatable bonds is 3. The summed E-state index contributed by atoms with van der Waals surface area (Å²) >= 11 is 1.64. The summed E-state index contributed by atoms with van der Waals surface area (Å²) in [6.45, 7) is 1.88. The second-order valence-corrected chi connectivity index (χ2v) is 5.95. The van der Waals surface area contributed by atoms with E-state index >= 15 is 0 Å². The summed E-state index contributed by atoms with van der Waals surface area (Å²) in [4.78, 5) is 20.0. The molecule has 0 atom stereocenters. The summed E-state index contributed by atoms with van der Waals surface area (Å²) < 4.78 is 0. The van der Waals surface area contributed by atoms with Crippen LogP contribution in [0.3, 0.4) is 0 Å². The van der Waals surface area contributed by atoms with Crippen LogP contribution in [0.4, 0.5) is 5.69 Å². The van der Waals surface area contributed by atoms with Gasteiger partial charge in [0.1, 0.15) is 0 Å². The number of hydrogen-bond acceptors (Lipinski definition) is 3. The van der Waals surface area contributed by atoms with Crippen LogP contribution >= 0.6 is 11.3 Å². The van der Waals surface area contributed by atoms with Crippen molar-refractivity contribution in [3.63, 3.8) is 0 Å². The molecule has 0 fully saturated rings. The zero-order valence-electron chi connectivity index (χ0n) is 12.5. The molecule has 0 saturated heterocycles. The molecule has 110 valence electrons. The molecule has 0 aliphatic heterocycles. The third kappa shape index (κ3) is 2.78. The zero-order valence-corrected chi connectivity index (χ0v) is 13.3. The van der Waals surface area contributed by atoms with E-state index in [9.17, 15) is 4.79 Å². The van der Waals surface area contributed by atoms with E-state index in [4.69, 9.17) is 0 Å². The molecule has 1 aromatic carbocycles. The number of carbonyl (C=O) groups is 1.